The first-order valence-electron chi connectivity index (χ1n) is 5.44. The second-order valence-electron chi connectivity index (χ2n) is 3.71. The quantitative estimate of drug-likeness (QED) is 0.608. The van der Waals surface area contributed by atoms with Gasteiger partial charge in [0.1, 0.15) is 5.69 Å². The highest BCUT2D eigenvalue weighted by Crippen LogP contribution is 2.14. The zero-order valence-electron chi connectivity index (χ0n) is 10.7. The van der Waals surface area contributed by atoms with Gasteiger partial charge in [-0.1, -0.05) is 12.1 Å². The van der Waals surface area contributed by atoms with Crippen LogP contribution in [0.5, 0.6) is 0 Å². The second kappa shape index (κ2) is 6.16. The van der Waals surface area contributed by atoms with Crippen LogP contribution < -0.4 is 0 Å². The molecule has 0 spiro atoms. The summed E-state index contributed by atoms with van der Waals surface area (Å²) in [5, 5.41) is 2.84. The molecule has 10 heteroatoms. The van der Waals surface area contributed by atoms with Crippen LogP contribution in [0.1, 0.15) is 18.3 Å². The van der Waals surface area contributed by atoms with E-state index >= 15 is 0 Å². The molecular weight excluding hydrogens is 299 g/mol. The molecule has 0 fully saturated rings. The van der Waals surface area contributed by atoms with Gasteiger partial charge in [0.05, 0.1) is 23.9 Å². The standard InChI is InChI=1S/C10H12F3N3O3S/c1-3-20(17,18)9-7(2)14-4-8(16-9)5-15-19-6-10(11,12)13/h4-5H,3,6H2,1-2H3/b15-5+. The highest BCUT2D eigenvalue weighted by atomic mass is 32.2. The Hall–Kier alpha value is -1.71. The zero-order chi connectivity index (χ0) is 15.4. The fraction of sp³-hybridized carbons (Fsp3) is 0.500. The van der Waals surface area contributed by atoms with Crippen LogP contribution in [0, 0.1) is 6.92 Å². The minimum Gasteiger partial charge on any atom is -0.386 e. The molecule has 0 saturated heterocycles. The van der Waals surface area contributed by atoms with Gasteiger partial charge < -0.3 is 4.84 Å². The smallest absolute Gasteiger partial charge is 0.386 e. The number of alkyl halides is 3. The van der Waals surface area contributed by atoms with Crippen LogP contribution in [0.25, 0.3) is 0 Å². The largest absolute Gasteiger partial charge is 0.425 e. The number of nitrogens with zero attached hydrogens (tertiary/aromatic N) is 3. The van der Waals surface area contributed by atoms with Crippen molar-refractivity contribution in [1.29, 1.82) is 0 Å². The van der Waals surface area contributed by atoms with Crippen LogP contribution in [0.15, 0.2) is 16.4 Å². The van der Waals surface area contributed by atoms with E-state index in [0.29, 0.717) is 0 Å². The monoisotopic (exact) mass is 311 g/mol. The lowest BCUT2D eigenvalue weighted by Gasteiger charge is -2.05. The maximum absolute atomic E-state index is 11.8. The van der Waals surface area contributed by atoms with Crippen LogP contribution in [0.2, 0.25) is 0 Å². The Labute approximate surface area is 113 Å². The SMILES string of the molecule is CCS(=O)(=O)c1nc(/C=N/OCC(F)(F)F)cnc1C. The third-order valence-corrected chi connectivity index (χ3v) is 3.83. The molecule has 0 N–H and O–H groups in total. The predicted molar refractivity (Wildman–Crippen MR) is 64.1 cm³/mol. The maximum Gasteiger partial charge on any atom is 0.425 e. The average Bonchev–Trinajstić information content (AvgIpc) is 2.35. The first-order chi connectivity index (χ1) is 9.15. The number of aromatic nitrogens is 2. The fourth-order valence-electron chi connectivity index (χ4n) is 1.14. The lowest BCUT2D eigenvalue weighted by molar-refractivity contribution is -0.173. The summed E-state index contributed by atoms with van der Waals surface area (Å²) < 4.78 is 58.8. The summed E-state index contributed by atoms with van der Waals surface area (Å²) in [6, 6.07) is 0. The first-order valence-corrected chi connectivity index (χ1v) is 7.09. The number of aryl methyl sites for hydroxylation is 1. The van der Waals surface area contributed by atoms with Crippen molar-refractivity contribution < 1.29 is 26.4 Å². The van der Waals surface area contributed by atoms with Crippen molar-refractivity contribution in [3.8, 4) is 0 Å². The fourth-order valence-corrected chi connectivity index (χ4v) is 2.16. The van der Waals surface area contributed by atoms with E-state index in [-0.39, 0.29) is 22.2 Å². The van der Waals surface area contributed by atoms with Crippen LogP contribution in [-0.2, 0) is 14.7 Å². The second-order valence-corrected chi connectivity index (χ2v) is 5.91. The molecule has 1 heterocycles. The van der Waals surface area contributed by atoms with Crippen molar-refractivity contribution in [3.05, 3.63) is 17.6 Å². The lowest BCUT2D eigenvalue weighted by atomic mass is 10.4. The number of oxime groups is 1. The van der Waals surface area contributed by atoms with Crippen molar-refractivity contribution >= 4 is 16.1 Å². The van der Waals surface area contributed by atoms with Crippen LogP contribution in [-0.4, -0.2) is 43.1 Å². The number of hydrogen-bond acceptors (Lipinski definition) is 6. The Morgan fingerprint density at radius 3 is 2.65 bits per heavy atom. The number of rotatable bonds is 5. The Bertz CT molecular complexity index is 600. The summed E-state index contributed by atoms with van der Waals surface area (Å²) in [4.78, 5) is 11.6. The van der Waals surface area contributed by atoms with Gasteiger partial charge in [-0.25, -0.2) is 13.4 Å². The molecule has 0 aromatic carbocycles. The summed E-state index contributed by atoms with van der Waals surface area (Å²) in [6.45, 7) is 1.38. The Kier molecular flexibility index (Phi) is 5.03. The molecule has 0 atom stereocenters. The number of hydrogen-bond donors (Lipinski definition) is 0. The average molecular weight is 311 g/mol. The van der Waals surface area contributed by atoms with Crippen LogP contribution in [0.4, 0.5) is 13.2 Å². The van der Waals surface area contributed by atoms with Crippen molar-refractivity contribution in [1.82, 2.24) is 9.97 Å². The van der Waals surface area contributed by atoms with E-state index in [1.54, 1.807) is 0 Å². The molecule has 0 saturated carbocycles. The maximum atomic E-state index is 11.8. The third-order valence-electron chi connectivity index (χ3n) is 2.09. The highest BCUT2D eigenvalue weighted by molar-refractivity contribution is 7.91. The van der Waals surface area contributed by atoms with Crippen molar-refractivity contribution in [2.45, 2.75) is 25.0 Å². The van der Waals surface area contributed by atoms with Gasteiger partial charge in [0, 0.05) is 0 Å². The van der Waals surface area contributed by atoms with Gasteiger partial charge in [0.25, 0.3) is 0 Å². The molecule has 0 radical (unpaired) electrons. The summed E-state index contributed by atoms with van der Waals surface area (Å²) in [6.07, 6.45) is -2.44. The molecule has 1 aromatic heterocycles. The molecule has 6 nitrogen and oxygen atoms in total. The zero-order valence-corrected chi connectivity index (χ0v) is 11.5. The molecule has 20 heavy (non-hydrogen) atoms. The minimum atomic E-state index is -4.49. The van der Waals surface area contributed by atoms with Gasteiger partial charge in [-0.2, -0.15) is 13.2 Å². The summed E-state index contributed by atoms with van der Waals surface area (Å²) >= 11 is 0. The van der Waals surface area contributed by atoms with E-state index in [0.717, 1.165) is 6.21 Å². The van der Waals surface area contributed by atoms with Gasteiger partial charge in [0.15, 0.2) is 14.9 Å². The summed E-state index contributed by atoms with van der Waals surface area (Å²) in [7, 11) is -3.56. The summed E-state index contributed by atoms with van der Waals surface area (Å²) in [5.74, 6) is -0.159. The van der Waals surface area contributed by atoms with E-state index in [1.165, 1.54) is 20.0 Å². The van der Waals surface area contributed by atoms with E-state index in [9.17, 15) is 21.6 Å². The van der Waals surface area contributed by atoms with Crippen molar-refractivity contribution in [3.63, 3.8) is 0 Å². The van der Waals surface area contributed by atoms with Crippen molar-refractivity contribution in [2.24, 2.45) is 5.16 Å². The molecule has 1 rings (SSSR count). The predicted octanol–water partition coefficient (Wildman–Crippen LogP) is 1.49. The van der Waals surface area contributed by atoms with Gasteiger partial charge in [0.2, 0.25) is 6.61 Å². The molecule has 0 aliphatic rings. The van der Waals surface area contributed by atoms with Crippen LogP contribution >= 0.6 is 0 Å². The normalized spacial score (nSPS) is 12.8. The molecular formula is C10H12F3N3O3S. The molecule has 1 aromatic rings. The summed E-state index contributed by atoms with van der Waals surface area (Å²) in [5.41, 5.74) is 0.199. The molecule has 0 aliphatic heterocycles. The molecule has 0 unspecified atom stereocenters. The minimum absolute atomic E-state index is 0.00944. The molecule has 0 bridgehead atoms. The van der Waals surface area contributed by atoms with E-state index < -0.39 is 22.6 Å². The molecule has 0 amide bonds. The van der Waals surface area contributed by atoms with E-state index in [2.05, 4.69) is 20.0 Å². The topological polar surface area (TPSA) is 81.5 Å². The van der Waals surface area contributed by atoms with Crippen LogP contribution in [0.3, 0.4) is 0 Å². The highest BCUT2D eigenvalue weighted by Gasteiger charge is 2.28. The van der Waals surface area contributed by atoms with E-state index in [1.807, 2.05) is 0 Å². The third kappa shape index (κ3) is 4.76. The Morgan fingerprint density at radius 1 is 1.45 bits per heavy atom. The first kappa shape index (κ1) is 16.3. The number of halogens is 3. The van der Waals surface area contributed by atoms with E-state index in [4.69, 9.17) is 0 Å². The molecule has 112 valence electrons. The van der Waals surface area contributed by atoms with Gasteiger partial charge in [-0.3, -0.25) is 4.98 Å². The van der Waals surface area contributed by atoms with Gasteiger partial charge in [-0.05, 0) is 6.92 Å². The van der Waals surface area contributed by atoms with Gasteiger partial charge >= 0.3 is 6.18 Å². The van der Waals surface area contributed by atoms with Crippen molar-refractivity contribution in [2.75, 3.05) is 12.4 Å². The molecule has 0 aliphatic carbocycles. The Balaban J connectivity index is 2.89. The van der Waals surface area contributed by atoms with Gasteiger partial charge in [-0.15, -0.1) is 0 Å². The number of sulfone groups is 1. The Morgan fingerprint density at radius 2 is 2.10 bits per heavy atom. The lowest BCUT2D eigenvalue weighted by Crippen LogP contribution is -2.15.